The minimum absolute atomic E-state index is 0.146. The number of nitrogens with zero attached hydrogens (tertiary/aromatic N) is 1. The number of rotatable bonds is 12. The molecule has 3 atom stereocenters. The number of carbonyl (C=O) groups excluding carboxylic acids is 1. The monoisotopic (exact) mass is 503 g/mol. The SMILES string of the molecule is CC(C)CCN(C[C@@H](O)[C@H](Cc1ccccc1)NC(=O)C(N)C(C)(C)C)S(=O)(=O)c1ccccc1. The smallest absolute Gasteiger partial charge is 0.243 e. The molecule has 0 fully saturated rings. The molecule has 0 bridgehead atoms. The van der Waals surface area contributed by atoms with Crippen molar-refractivity contribution in [2.45, 2.75) is 70.5 Å². The zero-order valence-electron chi connectivity index (χ0n) is 21.5. The fraction of sp³-hybridized carbons (Fsp3) is 0.519. The molecule has 194 valence electrons. The summed E-state index contributed by atoms with van der Waals surface area (Å²) in [7, 11) is -3.83. The number of aliphatic hydroxyl groups is 1. The van der Waals surface area contributed by atoms with Gasteiger partial charge in [-0.15, -0.1) is 0 Å². The van der Waals surface area contributed by atoms with E-state index in [1.165, 1.54) is 4.31 Å². The molecule has 2 aromatic carbocycles. The number of nitrogens with two attached hydrogens (primary N) is 1. The molecule has 2 aromatic rings. The summed E-state index contributed by atoms with van der Waals surface area (Å²) in [5.41, 5.74) is 6.62. The summed E-state index contributed by atoms with van der Waals surface area (Å²) in [6.07, 6.45) is -0.158. The highest BCUT2D eigenvalue weighted by molar-refractivity contribution is 7.89. The number of amides is 1. The van der Waals surface area contributed by atoms with E-state index in [4.69, 9.17) is 5.73 Å². The maximum absolute atomic E-state index is 13.4. The van der Waals surface area contributed by atoms with Crippen molar-refractivity contribution < 1.29 is 18.3 Å². The standard InChI is InChI=1S/C27H41N3O4S/c1-20(2)16-17-30(35(33,34)22-14-10-7-11-15-22)19-24(31)23(18-21-12-8-6-9-13-21)29-26(32)25(28)27(3,4)5/h6-15,20,23-25,31H,16-19,28H2,1-5H3,(H,29,32)/t23-,24+,25?/m0/s1. The van der Waals surface area contributed by atoms with Gasteiger partial charge in [-0.3, -0.25) is 4.79 Å². The van der Waals surface area contributed by atoms with Crippen LogP contribution in [0.5, 0.6) is 0 Å². The van der Waals surface area contributed by atoms with Gasteiger partial charge in [-0.05, 0) is 41.9 Å². The fourth-order valence-corrected chi connectivity index (χ4v) is 5.10. The van der Waals surface area contributed by atoms with Gasteiger partial charge in [0.2, 0.25) is 15.9 Å². The molecule has 0 saturated carbocycles. The number of sulfonamides is 1. The third-order valence-corrected chi connectivity index (χ3v) is 7.91. The number of nitrogens with one attached hydrogen (secondary N) is 1. The molecule has 1 unspecified atom stereocenters. The van der Waals surface area contributed by atoms with Crippen molar-refractivity contribution in [3.8, 4) is 0 Å². The maximum Gasteiger partial charge on any atom is 0.243 e. The van der Waals surface area contributed by atoms with E-state index < -0.39 is 33.6 Å². The highest BCUT2D eigenvalue weighted by Gasteiger charge is 2.33. The van der Waals surface area contributed by atoms with Gasteiger partial charge in [0, 0.05) is 13.1 Å². The van der Waals surface area contributed by atoms with Crippen molar-refractivity contribution >= 4 is 15.9 Å². The van der Waals surface area contributed by atoms with Crippen LogP contribution in [0, 0.1) is 11.3 Å². The highest BCUT2D eigenvalue weighted by atomic mass is 32.2. The molecule has 0 aromatic heterocycles. The average molecular weight is 504 g/mol. The Morgan fingerprint density at radius 3 is 2.09 bits per heavy atom. The zero-order chi connectivity index (χ0) is 26.2. The molecule has 0 aliphatic rings. The van der Waals surface area contributed by atoms with Crippen LogP contribution in [0.3, 0.4) is 0 Å². The van der Waals surface area contributed by atoms with E-state index in [2.05, 4.69) is 5.32 Å². The molecule has 0 saturated heterocycles. The fourth-order valence-electron chi connectivity index (χ4n) is 3.61. The van der Waals surface area contributed by atoms with Crippen LogP contribution in [-0.2, 0) is 21.2 Å². The van der Waals surface area contributed by atoms with Crippen molar-refractivity contribution in [2.24, 2.45) is 17.1 Å². The topological polar surface area (TPSA) is 113 Å². The Morgan fingerprint density at radius 1 is 1.03 bits per heavy atom. The zero-order valence-corrected chi connectivity index (χ0v) is 22.3. The van der Waals surface area contributed by atoms with E-state index in [0.717, 1.165) is 5.56 Å². The predicted molar refractivity (Wildman–Crippen MR) is 140 cm³/mol. The molecule has 7 nitrogen and oxygen atoms in total. The Morgan fingerprint density at radius 2 is 1.57 bits per heavy atom. The van der Waals surface area contributed by atoms with Crippen molar-refractivity contribution in [1.82, 2.24) is 9.62 Å². The van der Waals surface area contributed by atoms with E-state index in [0.29, 0.717) is 12.8 Å². The summed E-state index contributed by atoms with van der Waals surface area (Å²) >= 11 is 0. The van der Waals surface area contributed by atoms with Gasteiger partial charge in [0.1, 0.15) is 0 Å². The lowest BCUT2D eigenvalue weighted by Gasteiger charge is -2.32. The first-order valence-corrected chi connectivity index (χ1v) is 13.6. The first kappa shape index (κ1) is 29.0. The first-order valence-electron chi connectivity index (χ1n) is 12.2. The number of hydrogen-bond donors (Lipinski definition) is 3. The van der Waals surface area contributed by atoms with Crippen LogP contribution in [0.1, 0.15) is 46.6 Å². The van der Waals surface area contributed by atoms with Gasteiger partial charge in [0.25, 0.3) is 0 Å². The summed E-state index contributed by atoms with van der Waals surface area (Å²) in [5, 5.41) is 14.2. The molecule has 0 radical (unpaired) electrons. The number of benzene rings is 2. The third kappa shape index (κ3) is 8.72. The third-order valence-electron chi connectivity index (χ3n) is 6.03. The first-order chi connectivity index (χ1) is 16.3. The molecular formula is C27H41N3O4S. The summed E-state index contributed by atoms with van der Waals surface area (Å²) in [4.78, 5) is 13.1. The second kappa shape index (κ2) is 12.6. The summed E-state index contributed by atoms with van der Waals surface area (Å²) in [6.45, 7) is 9.79. The van der Waals surface area contributed by atoms with Crippen LogP contribution < -0.4 is 11.1 Å². The second-order valence-corrected chi connectivity index (χ2v) is 12.5. The number of carbonyl (C=O) groups is 1. The Balaban J connectivity index is 2.33. The van der Waals surface area contributed by atoms with E-state index >= 15 is 0 Å². The molecule has 0 aliphatic heterocycles. The molecule has 0 aliphatic carbocycles. The van der Waals surface area contributed by atoms with Gasteiger partial charge >= 0.3 is 0 Å². The van der Waals surface area contributed by atoms with Gasteiger partial charge in [0.05, 0.1) is 23.1 Å². The quantitative estimate of drug-likeness (QED) is 0.412. The minimum atomic E-state index is -3.83. The lowest BCUT2D eigenvalue weighted by molar-refractivity contribution is -0.126. The molecule has 0 spiro atoms. The van der Waals surface area contributed by atoms with Gasteiger partial charge < -0.3 is 16.2 Å². The minimum Gasteiger partial charge on any atom is -0.390 e. The van der Waals surface area contributed by atoms with E-state index in [9.17, 15) is 18.3 Å². The lowest BCUT2D eigenvalue weighted by Crippen LogP contribution is -2.56. The summed E-state index contributed by atoms with van der Waals surface area (Å²) < 4.78 is 28.2. The Labute approximate surface area is 210 Å². The molecule has 4 N–H and O–H groups in total. The van der Waals surface area contributed by atoms with Crippen LogP contribution in [0.4, 0.5) is 0 Å². The molecule has 8 heteroatoms. The Hall–Kier alpha value is -2.26. The number of hydrogen-bond acceptors (Lipinski definition) is 5. The van der Waals surface area contributed by atoms with E-state index in [1.54, 1.807) is 30.3 Å². The maximum atomic E-state index is 13.4. The van der Waals surface area contributed by atoms with Crippen LogP contribution in [-0.4, -0.2) is 55.0 Å². The van der Waals surface area contributed by atoms with Crippen LogP contribution in [0.15, 0.2) is 65.6 Å². The van der Waals surface area contributed by atoms with Gasteiger partial charge in [-0.25, -0.2) is 8.42 Å². The molecule has 0 heterocycles. The highest BCUT2D eigenvalue weighted by Crippen LogP contribution is 2.20. The molecule has 35 heavy (non-hydrogen) atoms. The van der Waals surface area contributed by atoms with Gasteiger partial charge in [-0.1, -0.05) is 83.1 Å². The van der Waals surface area contributed by atoms with Crippen molar-refractivity contribution in [1.29, 1.82) is 0 Å². The summed E-state index contributed by atoms with van der Waals surface area (Å²) in [5.74, 6) is -0.0950. The number of aliphatic hydroxyl groups excluding tert-OH is 1. The predicted octanol–water partition coefficient (Wildman–Crippen LogP) is 3.19. The van der Waals surface area contributed by atoms with Crippen molar-refractivity contribution in [2.75, 3.05) is 13.1 Å². The van der Waals surface area contributed by atoms with Crippen molar-refractivity contribution in [3.05, 3.63) is 66.2 Å². The normalized spacial score (nSPS) is 15.1. The van der Waals surface area contributed by atoms with E-state index in [-0.39, 0.29) is 29.8 Å². The van der Waals surface area contributed by atoms with Gasteiger partial charge in [-0.2, -0.15) is 4.31 Å². The largest absolute Gasteiger partial charge is 0.390 e. The second-order valence-electron chi connectivity index (χ2n) is 10.6. The molecular weight excluding hydrogens is 462 g/mol. The molecule has 1 amide bonds. The Kier molecular flexibility index (Phi) is 10.5. The average Bonchev–Trinajstić information content (AvgIpc) is 2.81. The van der Waals surface area contributed by atoms with Crippen LogP contribution in [0.2, 0.25) is 0 Å². The van der Waals surface area contributed by atoms with Crippen molar-refractivity contribution in [3.63, 3.8) is 0 Å². The molecule has 2 rings (SSSR count). The Bertz CT molecular complexity index is 1020. The van der Waals surface area contributed by atoms with Gasteiger partial charge in [0.15, 0.2) is 0 Å². The lowest BCUT2D eigenvalue weighted by atomic mass is 9.86. The van der Waals surface area contributed by atoms with Crippen LogP contribution in [0.25, 0.3) is 0 Å². The summed E-state index contributed by atoms with van der Waals surface area (Å²) in [6, 6.07) is 16.2. The van der Waals surface area contributed by atoms with Crippen LogP contribution >= 0.6 is 0 Å². The van der Waals surface area contributed by atoms with E-state index in [1.807, 2.05) is 65.0 Å².